The summed E-state index contributed by atoms with van der Waals surface area (Å²) in [6, 6.07) is 3.97. The molecule has 0 N–H and O–H groups in total. The first-order valence-corrected chi connectivity index (χ1v) is 6.35. The summed E-state index contributed by atoms with van der Waals surface area (Å²) in [4.78, 5) is 12.5. The third-order valence-corrected chi connectivity index (χ3v) is 3.12. The zero-order valence-corrected chi connectivity index (χ0v) is 11.3. The van der Waals surface area contributed by atoms with E-state index in [2.05, 4.69) is 33.9 Å². The summed E-state index contributed by atoms with van der Waals surface area (Å²) >= 11 is 5.82. The lowest BCUT2D eigenvalue weighted by Gasteiger charge is -2.06. The smallest absolute Gasteiger partial charge is 0.224 e. The van der Waals surface area contributed by atoms with E-state index in [1.54, 1.807) is 17.1 Å². The number of rotatable bonds is 2. The van der Waals surface area contributed by atoms with Crippen molar-refractivity contribution in [3.8, 4) is 5.82 Å². The van der Waals surface area contributed by atoms with E-state index in [1.807, 2.05) is 18.3 Å². The molecule has 5 nitrogen and oxygen atoms in total. The Hall–Kier alpha value is -2.01. The summed E-state index contributed by atoms with van der Waals surface area (Å²) in [5.41, 5.74) is 1.85. The van der Waals surface area contributed by atoms with Crippen LogP contribution in [0.2, 0.25) is 5.28 Å². The molecule has 19 heavy (non-hydrogen) atoms. The van der Waals surface area contributed by atoms with Gasteiger partial charge >= 0.3 is 0 Å². The van der Waals surface area contributed by atoms with Crippen LogP contribution in [0.5, 0.6) is 0 Å². The zero-order chi connectivity index (χ0) is 13.4. The highest BCUT2D eigenvalue weighted by molar-refractivity contribution is 6.28. The molecule has 0 saturated carbocycles. The number of hydrogen-bond acceptors (Lipinski definition) is 4. The van der Waals surface area contributed by atoms with Crippen LogP contribution in [-0.4, -0.2) is 24.7 Å². The Kier molecular flexibility index (Phi) is 2.91. The van der Waals surface area contributed by atoms with Gasteiger partial charge in [-0.05, 0) is 29.1 Å². The van der Waals surface area contributed by atoms with Gasteiger partial charge in [-0.1, -0.05) is 19.9 Å². The summed E-state index contributed by atoms with van der Waals surface area (Å²) in [6.07, 6.45) is 5.21. The second kappa shape index (κ2) is 4.59. The molecule has 0 saturated heterocycles. The third-order valence-electron chi connectivity index (χ3n) is 2.93. The molecule has 0 aliphatic carbocycles. The van der Waals surface area contributed by atoms with Gasteiger partial charge in [0, 0.05) is 12.4 Å². The highest BCUT2D eigenvalue weighted by Crippen LogP contribution is 2.18. The van der Waals surface area contributed by atoms with E-state index in [-0.39, 0.29) is 5.28 Å². The molecule has 3 aromatic heterocycles. The molecule has 3 heterocycles. The quantitative estimate of drug-likeness (QED) is 0.674. The number of nitrogens with zero attached hydrogens (tertiary/aromatic N) is 5. The van der Waals surface area contributed by atoms with E-state index < -0.39 is 0 Å². The first kappa shape index (κ1) is 12.0. The largest absolute Gasteiger partial charge is 0.237 e. The van der Waals surface area contributed by atoms with Crippen molar-refractivity contribution in [3.63, 3.8) is 0 Å². The molecule has 96 valence electrons. The number of halogens is 1. The molecule has 0 spiro atoms. The Balaban J connectivity index is 2.11. The molecule has 0 aromatic carbocycles. The monoisotopic (exact) mass is 273 g/mol. The molecule has 0 unspecified atom stereocenters. The summed E-state index contributed by atoms with van der Waals surface area (Å²) in [5.74, 6) is 1.17. The second-order valence-corrected chi connectivity index (χ2v) is 4.92. The fraction of sp³-hybridized carbons (Fsp3) is 0.231. The molecule has 0 bridgehead atoms. The van der Waals surface area contributed by atoms with Gasteiger partial charge in [-0.25, -0.2) is 9.97 Å². The molecular weight excluding hydrogens is 262 g/mol. The van der Waals surface area contributed by atoms with E-state index in [4.69, 9.17) is 11.6 Å². The van der Waals surface area contributed by atoms with Crippen LogP contribution in [0.15, 0.2) is 30.7 Å². The highest BCUT2D eigenvalue weighted by atomic mass is 35.5. The third kappa shape index (κ3) is 2.17. The molecule has 0 aliphatic heterocycles. The van der Waals surface area contributed by atoms with E-state index in [9.17, 15) is 0 Å². The van der Waals surface area contributed by atoms with Gasteiger partial charge in [0.2, 0.25) is 5.28 Å². The van der Waals surface area contributed by atoms with Crippen LogP contribution in [0, 0.1) is 0 Å². The van der Waals surface area contributed by atoms with Gasteiger partial charge in [0.05, 0.1) is 11.6 Å². The molecule has 0 aliphatic rings. The molecule has 6 heteroatoms. The van der Waals surface area contributed by atoms with Crippen LogP contribution in [0.1, 0.15) is 25.3 Å². The fourth-order valence-electron chi connectivity index (χ4n) is 1.83. The van der Waals surface area contributed by atoms with Crippen molar-refractivity contribution in [2.24, 2.45) is 0 Å². The predicted molar refractivity (Wildman–Crippen MR) is 73.6 cm³/mol. The van der Waals surface area contributed by atoms with E-state index in [0.29, 0.717) is 17.4 Å². The maximum atomic E-state index is 5.82. The summed E-state index contributed by atoms with van der Waals surface area (Å²) in [6.45, 7) is 4.26. The Morgan fingerprint density at radius 1 is 1.11 bits per heavy atom. The molecule has 3 aromatic rings. The topological polar surface area (TPSA) is 56.5 Å². The zero-order valence-electron chi connectivity index (χ0n) is 10.6. The van der Waals surface area contributed by atoms with Crippen LogP contribution in [-0.2, 0) is 0 Å². The van der Waals surface area contributed by atoms with E-state index in [0.717, 1.165) is 5.39 Å². The van der Waals surface area contributed by atoms with Crippen molar-refractivity contribution in [1.29, 1.82) is 0 Å². The van der Waals surface area contributed by atoms with Crippen molar-refractivity contribution < 1.29 is 0 Å². The summed E-state index contributed by atoms with van der Waals surface area (Å²) < 4.78 is 1.66. The normalized spacial score (nSPS) is 11.4. The molecular formula is C13H12ClN5. The molecule has 0 radical (unpaired) electrons. The minimum absolute atomic E-state index is 0.202. The summed E-state index contributed by atoms with van der Waals surface area (Å²) in [5, 5.41) is 5.31. The van der Waals surface area contributed by atoms with Crippen LogP contribution in [0.25, 0.3) is 16.9 Å². The van der Waals surface area contributed by atoms with Gasteiger partial charge in [-0.3, -0.25) is 0 Å². The van der Waals surface area contributed by atoms with Crippen molar-refractivity contribution in [1.82, 2.24) is 24.7 Å². The van der Waals surface area contributed by atoms with Gasteiger partial charge < -0.3 is 0 Å². The van der Waals surface area contributed by atoms with Crippen molar-refractivity contribution in [2.45, 2.75) is 19.8 Å². The summed E-state index contributed by atoms with van der Waals surface area (Å²) in [7, 11) is 0. The Labute approximate surface area is 115 Å². The van der Waals surface area contributed by atoms with E-state index >= 15 is 0 Å². The maximum Gasteiger partial charge on any atom is 0.224 e. The average Bonchev–Trinajstić information content (AvgIpc) is 2.81. The van der Waals surface area contributed by atoms with Gasteiger partial charge in [0.1, 0.15) is 0 Å². The lowest BCUT2D eigenvalue weighted by atomic mass is 10.1. The lowest BCUT2D eigenvalue weighted by molar-refractivity contribution is 0.830. The molecule has 3 rings (SSSR count). The highest BCUT2D eigenvalue weighted by Gasteiger charge is 2.09. The number of pyridine rings is 1. The van der Waals surface area contributed by atoms with Crippen LogP contribution < -0.4 is 0 Å². The van der Waals surface area contributed by atoms with E-state index in [1.165, 1.54) is 5.56 Å². The maximum absolute atomic E-state index is 5.82. The number of aromatic nitrogens is 5. The van der Waals surface area contributed by atoms with Crippen LogP contribution in [0.4, 0.5) is 0 Å². The van der Waals surface area contributed by atoms with Crippen LogP contribution >= 0.6 is 11.6 Å². The first-order chi connectivity index (χ1) is 9.15. The van der Waals surface area contributed by atoms with Gasteiger partial charge in [-0.2, -0.15) is 14.8 Å². The first-order valence-electron chi connectivity index (χ1n) is 5.98. The minimum atomic E-state index is 0.202. The van der Waals surface area contributed by atoms with Crippen molar-refractivity contribution in [2.75, 3.05) is 0 Å². The van der Waals surface area contributed by atoms with Gasteiger partial charge in [0.15, 0.2) is 11.5 Å². The van der Waals surface area contributed by atoms with Crippen molar-refractivity contribution in [3.05, 3.63) is 41.6 Å². The number of hydrogen-bond donors (Lipinski definition) is 0. The molecule has 0 amide bonds. The Morgan fingerprint density at radius 2 is 1.95 bits per heavy atom. The Bertz CT molecular complexity index is 717. The Morgan fingerprint density at radius 3 is 2.63 bits per heavy atom. The fourth-order valence-corrected chi connectivity index (χ4v) is 1.96. The minimum Gasteiger partial charge on any atom is -0.237 e. The van der Waals surface area contributed by atoms with Gasteiger partial charge in [0.25, 0.3) is 0 Å². The predicted octanol–water partition coefficient (Wildman–Crippen LogP) is 2.99. The SMILES string of the molecule is CC(C)c1ccc(-n2ncc3cnc(Cl)nc32)nc1. The molecule has 0 atom stereocenters. The lowest BCUT2D eigenvalue weighted by Crippen LogP contribution is -2.01. The molecule has 0 fully saturated rings. The standard InChI is InChI=1S/C13H12ClN5/c1-8(2)9-3-4-11(15-5-9)19-12-10(7-17-19)6-16-13(14)18-12/h3-8H,1-2H3. The van der Waals surface area contributed by atoms with Crippen LogP contribution in [0.3, 0.4) is 0 Å². The van der Waals surface area contributed by atoms with Crippen molar-refractivity contribution >= 4 is 22.6 Å². The average molecular weight is 274 g/mol. The second-order valence-electron chi connectivity index (χ2n) is 4.58. The number of fused-ring (bicyclic) bond motifs is 1. The van der Waals surface area contributed by atoms with Gasteiger partial charge in [-0.15, -0.1) is 0 Å².